The molecule has 4 nitrogen and oxygen atoms in total. The number of hydrogen-bond donors (Lipinski definition) is 1. The molecule has 0 fully saturated rings. The minimum Gasteiger partial charge on any atom is -0.395 e. The fraction of sp³-hybridized carbons (Fsp3) is 0.750. The Labute approximate surface area is 97.9 Å². The standard InChI is InChI=1S/C12H23N3O/c1-5-10(2)15-7-6-12(13-15)8-14(4)11(3)9-16/h6-7,10-11,16H,5,8-9H2,1-4H3. The molecule has 0 aliphatic carbocycles. The lowest BCUT2D eigenvalue weighted by Crippen LogP contribution is -2.31. The molecule has 1 rings (SSSR count). The molecule has 0 radical (unpaired) electrons. The molecule has 0 amide bonds. The molecule has 2 unspecified atom stereocenters. The maximum Gasteiger partial charge on any atom is 0.0764 e. The van der Waals surface area contributed by atoms with E-state index in [1.54, 1.807) is 0 Å². The zero-order chi connectivity index (χ0) is 12.1. The molecular weight excluding hydrogens is 202 g/mol. The maximum atomic E-state index is 9.05. The van der Waals surface area contributed by atoms with Crippen LogP contribution in [0.3, 0.4) is 0 Å². The first-order valence-electron chi connectivity index (χ1n) is 5.93. The van der Waals surface area contributed by atoms with Gasteiger partial charge in [-0.2, -0.15) is 5.10 Å². The van der Waals surface area contributed by atoms with E-state index in [0.717, 1.165) is 18.7 Å². The molecular formula is C12H23N3O. The Bertz CT molecular complexity index is 311. The van der Waals surface area contributed by atoms with Crippen LogP contribution >= 0.6 is 0 Å². The Morgan fingerprint density at radius 3 is 2.75 bits per heavy atom. The molecule has 1 N–H and O–H groups in total. The van der Waals surface area contributed by atoms with Crippen LogP contribution in [0, 0.1) is 0 Å². The van der Waals surface area contributed by atoms with Gasteiger partial charge in [0.1, 0.15) is 0 Å². The van der Waals surface area contributed by atoms with Crippen LogP contribution in [0.2, 0.25) is 0 Å². The summed E-state index contributed by atoms with van der Waals surface area (Å²) in [5.41, 5.74) is 1.06. The van der Waals surface area contributed by atoms with Gasteiger partial charge in [0.2, 0.25) is 0 Å². The largest absolute Gasteiger partial charge is 0.395 e. The highest BCUT2D eigenvalue weighted by Crippen LogP contribution is 2.10. The van der Waals surface area contributed by atoms with Gasteiger partial charge >= 0.3 is 0 Å². The van der Waals surface area contributed by atoms with Gasteiger partial charge in [0.25, 0.3) is 0 Å². The highest BCUT2D eigenvalue weighted by atomic mass is 16.3. The third kappa shape index (κ3) is 3.32. The molecule has 92 valence electrons. The van der Waals surface area contributed by atoms with E-state index >= 15 is 0 Å². The third-order valence-corrected chi connectivity index (χ3v) is 3.13. The monoisotopic (exact) mass is 225 g/mol. The molecule has 4 heteroatoms. The van der Waals surface area contributed by atoms with E-state index in [-0.39, 0.29) is 12.6 Å². The molecule has 0 spiro atoms. The highest BCUT2D eigenvalue weighted by molar-refractivity contribution is 4.99. The van der Waals surface area contributed by atoms with E-state index in [0.29, 0.717) is 6.04 Å². The zero-order valence-electron chi connectivity index (χ0n) is 10.7. The predicted molar refractivity (Wildman–Crippen MR) is 65.2 cm³/mol. The van der Waals surface area contributed by atoms with Gasteiger partial charge in [-0.1, -0.05) is 6.92 Å². The molecule has 0 saturated heterocycles. The quantitative estimate of drug-likeness (QED) is 0.800. The lowest BCUT2D eigenvalue weighted by Gasteiger charge is -2.21. The van der Waals surface area contributed by atoms with Crippen molar-refractivity contribution in [3.63, 3.8) is 0 Å². The molecule has 1 heterocycles. The molecule has 0 aliphatic heterocycles. The Hall–Kier alpha value is -0.870. The number of rotatable bonds is 6. The molecule has 16 heavy (non-hydrogen) atoms. The smallest absolute Gasteiger partial charge is 0.0764 e. The van der Waals surface area contributed by atoms with Gasteiger partial charge in [-0.25, -0.2) is 0 Å². The van der Waals surface area contributed by atoms with E-state index in [4.69, 9.17) is 5.11 Å². The first-order chi connectivity index (χ1) is 7.58. The highest BCUT2D eigenvalue weighted by Gasteiger charge is 2.10. The van der Waals surface area contributed by atoms with Crippen molar-refractivity contribution in [2.24, 2.45) is 0 Å². The van der Waals surface area contributed by atoms with Crippen LogP contribution < -0.4 is 0 Å². The summed E-state index contributed by atoms with van der Waals surface area (Å²) in [4.78, 5) is 2.10. The Balaban J connectivity index is 2.58. The molecule has 0 aliphatic rings. The van der Waals surface area contributed by atoms with Crippen molar-refractivity contribution in [1.29, 1.82) is 0 Å². The van der Waals surface area contributed by atoms with Crippen molar-refractivity contribution in [3.8, 4) is 0 Å². The Morgan fingerprint density at radius 2 is 2.19 bits per heavy atom. The number of aromatic nitrogens is 2. The van der Waals surface area contributed by atoms with Crippen LogP contribution in [-0.2, 0) is 6.54 Å². The van der Waals surface area contributed by atoms with Gasteiger partial charge in [0.05, 0.1) is 12.3 Å². The van der Waals surface area contributed by atoms with Crippen molar-refractivity contribution in [3.05, 3.63) is 18.0 Å². The topological polar surface area (TPSA) is 41.3 Å². The summed E-state index contributed by atoms with van der Waals surface area (Å²) < 4.78 is 2.01. The lowest BCUT2D eigenvalue weighted by molar-refractivity contribution is 0.152. The summed E-state index contributed by atoms with van der Waals surface area (Å²) in [5.74, 6) is 0. The maximum absolute atomic E-state index is 9.05. The zero-order valence-corrected chi connectivity index (χ0v) is 10.7. The van der Waals surface area contributed by atoms with E-state index in [1.165, 1.54) is 0 Å². The van der Waals surface area contributed by atoms with Gasteiger partial charge in [-0.15, -0.1) is 0 Å². The normalized spacial score (nSPS) is 15.4. The first-order valence-corrected chi connectivity index (χ1v) is 5.93. The Morgan fingerprint density at radius 1 is 1.50 bits per heavy atom. The minimum atomic E-state index is 0.175. The average molecular weight is 225 g/mol. The van der Waals surface area contributed by atoms with Crippen molar-refractivity contribution in [2.75, 3.05) is 13.7 Å². The van der Waals surface area contributed by atoms with E-state index < -0.39 is 0 Å². The number of nitrogens with zero attached hydrogens (tertiary/aromatic N) is 3. The summed E-state index contributed by atoms with van der Waals surface area (Å²) in [6.45, 7) is 7.29. The summed E-state index contributed by atoms with van der Waals surface area (Å²) >= 11 is 0. The Kier molecular flexibility index (Phi) is 4.96. The fourth-order valence-corrected chi connectivity index (χ4v) is 1.45. The number of hydrogen-bond acceptors (Lipinski definition) is 3. The second-order valence-electron chi connectivity index (χ2n) is 4.49. The second kappa shape index (κ2) is 6.01. The van der Waals surface area contributed by atoms with Crippen LogP contribution in [0.4, 0.5) is 0 Å². The van der Waals surface area contributed by atoms with Gasteiger partial charge in [0.15, 0.2) is 0 Å². The van der Waals surface area contributed by atoms with Crippen LogP contribution in [0.15, 0.2) is 12.3 Å². The number of aliphatic hydroxyl groups is 1. The van der Waals surface area contributed by atoms with Crippen LogP contribution in [0.25, 0.3) is 0 Å². The van der Waals surface area contributed by atoms with Crippen molar-refractivity contribution >= 4 is 0 Å². The summed E-state index contributed by atoms with van der Waals surface area (Å²) in [7, 11) is 2.00. The molecule has 0 saturated carbocycles. The van der Waals surface area contributed by atoms with E-state index in [2.05, 4.69) is 23.8 Å². The van der Waals surface area contributed by atoms with Crippen LogP contribution in [0.5, 0.6) is 0 Å². The first kappa shape index (κ1) is 13.2. The average Bonchev–Trinajstić information content (AvgIpc) is 2.75. The fourth-order valence-electron chi connectivity index (χ4n) is 1.45. The van der Waals surface area contributed by atoms with Gasteiger partial charge in [0, 0.05) is 24.8 Å². The van der Waals surface area contributed by atoms with Gasteiger partial charge < -0.3 is 5.11 Å². The molecule has 0 aromatic carbocycles. The van der Waals surface area contributed by atoms with Crippen LogP contribution in [-0.4, -0.2) is 39.5 Å². The SMILES string of the molecule is CCC(C)n1ccc(CN(C)C(C)CO)n1. The number of aliphatic hydroxyl groups excluding tert-OH is 1. The summed E-state index contributed by atoms with van der Waals surface area (Å²) in [6, 6.07) is 2.68. The van der Waals surface area contributed by atoms with Crippen molar-refractivity contribution in [2.45, 2.75) is 45.8 Å². The third-order valence-electron chi connectivity index (χ3n) is 3.13. The summed E-state index contributed by atoms with van der Waals surface area (Å²) in [6.07, 6.45) is 3.12. The van der Waals surface area contributed by atoms with Crippen molar-refractivity contribution in [1.82, 2.24) is 14.7 Å². The minimum absolute atomic E-state index is 0.175. The predicted octanol–water partition coefficient (Wildman–Crippen LogP) is 1.67. The van der Waals surface area contributed by atoms with E-state index in [9.17, 15) is 0 Å². The van der Waals surface area contributed by atoms with Gasteiger partial charge in [-0.3, -0.25) is 9.58 Å². The molecule has 1 aromatic rings. The number of likely N-dealkylation sites (N-methyl/N-ethyl adjacent to an activating group) is 1. The summed E-state index contributed by atoms with van der Waals surface area (Å²) in [5, 5.41) is 13.6. The van der Waals surface area contributed by atoms with Crippen LogP contribution in [0.1, 0.15) is 38.9 Å². The molecule has 0 bridgehead atoms. The van der Waals surface area contributed by atoms with Gasteiger partial charge in [-0.05, 0) is 33.4 Å². The van der Waals surface area contributed by atoms with E-state index in [1.807, 2.05) is 30.9 Å². The molecule has 1 aromatic heterocycles. The second-order valence-corrected chi connectivity index (χ2v) is 4.49. The lowest BCUT2D eigenvalue weighted by atomic mass is 10.3. The molecule has 2 atom stereocenters. The van der Waals surface area contributed by atoms with Crippen molar-refractivity contribution < 1.29 is 5.11 Å².